The van der Waals surface area contributed by atoms with Crippen molar-refractivity contribution in [3.8, 4) is 22.8 Å². The molecule has 1 aromatic heterocycles. The van der Waals surface area contributed by atoms with Crippen LogP contribution in [0.5, 0.6) is 11.5 Å². The van der Waals surface area contributed by atoms with Gasteiger partial charge in [-0.2, -0.15) is 13.2 Å². The molecule has 3 rings (SSSR count). The summed E-state index contributed by atoms with van der Waals surface area (Å²) in [5.74, 6) is 0.414. The number of carbonyl (C=O) groups excluding carboxylic acids is 1. The summed E-state index contributed by atoms with van der Waals surface area (Å²) >= 11 is 0.854. The van der Waals surface area contributed by atoms with E-state index >= 15 is 0 Å². The minimum atomic E-state index is -4.67. The normalized spacial score (nSPS) is 11.2. The average Bonchev–Trinajstić information content (AvgIpc) is 2.82. The fraction of sp³-hybridized carbons (Fsp3) is 0.261. The lowest BCUT2D eigenvalue weighted by molar-refractivity contribution is -0.141. The van der Waals surface area contributed by atoms with Crippen LogP contribution < -0.4 is 14.4 Å². The minimum Gasteiger partial charge on any atom is -0.493 e. The van der Waals surface area contributed by atoms with Crippen LogP contribution in [0.1, 0.15) is 12.6 Å². The molecule has 0 N–H and O–H groups in total. The van der Waals surface area contributed by atoms with Crippen molar-refractivity contribution in [1.29, 1.82) is 0 Å². The number of carbonyl (C=O) groups is 1. The maximum absolute atomic E-state index is 13.5. The molecule has 0 aliphatic carbocycles. The minimum absolute atomic E-state index is 0.0589. The maximum atomic E-state index is 13.5. The molecule has 0 atom stereocenters. The van der Waals surface area contributed by atoms with Crippen molar-refractivity contribution in [1.82, 2.24) is 9.97 Å². The van der Waals surface area contributed by atoms with E-state index in [1.807, 2.05) is 25.1 Å². The van der Waals surface area contributed by atoms with E-state index in [1.54, 1.807) is 29.2 Å². The number of ether oxygens (including phenoxy) is 2. The summed E-state index contributed by atoms with van der Waals surface area (Å²) in [7, 11) is 2.90. The fourth-order valence-electron chi connectivity index (χ4n) is 3.09. The predicted molar refractivity (Wildman–Crippen MR) is 121 cm³/mol. The number of benzene rings is 2. The van der Waals surface area contributed by atoms with Crippen LogP contribution in [0, 0.1) is 0 Å². The van der Waals surface area contributed by atoms with Gasteiger partial charge in [-0.3, -0.25) is 4.79 Å². The molecule has 3 aromatic rings. The van der Waals surface area contributed by atoms with E-state index in [0.717, 1.165) is 17.8 Å². The van der Waals surface area contributed by atoms with Gasteiger partial charge in [0.05, 0.1) is 25.7 Å². The van der Waals surface area contributed by atoms with Crippen molar-refractivity contribution >= 4 is 23.4 Å². The first-order valence-corrected chi connectivity index (χ1v) is 10.9. The monoisotopic (exact) mass is 477 g/mol. The van der Waals surface area contributed by atoms with Gasteiger partial charge < -0.3 is 14.4 Å². The van der Waals surface area contributed by atoms with Crippen molar-refractivity contribution in [2.24, 2.45) is 0 Å². The lowest BCUT2D eigenvalue weighted by atomic mass is 10.1. The number of hydrogen-bond donors (Lipinski definition) is 0. The number of hydrogen-bond acceptors (Lipinski definition) is 6. The second-order valence-corrected chi connectivity index (χ2v) is 7.69. The predicted octanol–water partition coefficient (Wildman–Crippen LogP) is 5.32. The number of thioether (sulfide) groups is 1. The summed E-state index contributed by atoms with van der Waals surface area (Å²) in [6.07, 6.45) is -4.67. The third-order valence-corrected chi connectivity index (χ3v) is 5.52. The second kappa shape index (κ2) is 10.6. The van der Waals surface area contributed by atoms with Crippen LogP contribution in [0.15, 0.2) is 59.8 Å². The summed E-state index contributed by atoms with van der Waals surface area (Å²) in [5, 5.41) is -0.146. The summed E-state index contributed by atoms with van der Waals surface area (Å²) < 4.78 is 51.0. The summed E-state index contributed by atoms with van der Waals surface area (Å²) in [6, 6.07) is 14.6. The van der Waals surface area contributed by atoms with E-state index in [1.165, 1.54) is 20.3 Å². The SMILES string of the molecule is CCN(C(=O)CSc1nc(-c2ccc(OC)c(OC)c2)cc(C(F)(F)F)n1)c1ccccc1. The van der Waals surface area contributed by atoms with Crippen LogP contribution in [-0.4, -0.2) is 42.4 Å². The van der Waals surface area contributed by atoms with Gasteiger partial charge in [-0.15, -0.1) is 0 Å². The van der Waals surface area contributed by atoms with Crippen molar-refractivity contribution in [3.05, 3.63) is 60.3 Å². The Hall–Kier alpha value is -3.27. The van der Waals surface area contributed by atoms with Gasteiger partial charge in [0.1, 0.15) is 5.69 Å². The highest BCUT2D eigenvalue weighted by atomic mass is 32.2. The smallest absolute Gasteiger partial charge is 0.433 e. The molecule has 0 radical (unpaired) electrons. The molecule has 10 heteroatoms. The van der Waals surface area contributed by atoms with Gasteiger partial charge >= 0.3 is 6.18 Å². The van der Waals surface area contributed by atoms with E-state index in [4.69, 9.17) is 9.47 Å². The van der Waals surface area contributed by atoms with Crippen molar-refractivity contribution in [3.63, 3.8) is 0 Å². The largest absolute Gasteiger partial charge is 0.493 e. The zero-order valence-electron chi connectivity index (χ0n) is 18.2. The molecule has 0 fully saturated rings. The number of alkyl halides is 3. The topological polar surface area (TPSA) is 64.6 Å². The molecule has 0 aliphatic heterocycles. The average molecular weight is 478 g/mol. The van der Waals surface area contributed by atoms with Crippen molar-refractivity contribution in [2.45, 2.75) is 18.3 Å². The van der Waals surface area contributed by atoms with Crippen LogP contribution in [0.2, 0.25) is 0 Å². The Balaban J connectivity index is 1.90. The number of rotatable bonds is 8. The summed E-state index contributed by atoms with van der Waals surface area (Å²) in [6.45, 7) is 2.25. The Morgan fingerprint density at radius 2 is 1.70 bits per heavy atom. The van der Waals surface area contributed by atoms with Crippen LogP contribution in [0.25, 0.3) is 11.3 Å². The highest BCUT2D eigenvalue weighted by Crippen LogP contribution is 2.35. The van der Waals surface area contributed by atoms with Crippen LogP contribution in [0.3, 0.4) is 0 Å². The maximum Gasteiger partial charge on any atom is 0.433 e. The molecule has 1 heterocycles. The molecule has 0 aliphatic rings. The number of aromatic nitrogens is 2. The van der Waals surface area contributed by atoms with E-state index in [9.17, 15) is 18.0 Å². The summed E-state index contributed by atoms with van der Waals surface area (Å²) in [5.41, 5.74) is 0.0750. The number of amides is 1. The Kier molecular flexibility index (Phi) is 7.80. The molecule has 0 spiro atoms. The standard InChI is InChI=1S/C23H22F3N3O3S/c1-4-29(16-8-6-5-7-9-16)21(30)14-33-22-27-17(13-20(28-22)23(24,25)26)15-10-11-18(31-2)19(12-15)32-3/h5-13H,4,14H2,1-3H3. The number of anilines is 1. The van der Waals surface area contributed by atoms with E-state index < -0.39 is 11.9 Å². The molecule has 0 saturated carbocycles. The molecule has 33 heavy (non-hydrogen) atoms. The molecule has 0 saturated heterocycles. The first-order valence-electron chi connectivity index (χ1n) is 9.93. The molecule has 174 valence electrons. The fourth-order valence-corrected chi connectivity index (χ4v) is 3.83. The van der Waals surface area contributed by atoms with Crippen LogP contribution in [-0.2, 0) is 11.0 Å². The Labute approximate surface area is 193 Å². The van der Waals surface area contributed by atoms with Gasteiger partial charge in [-0.25, -0.2) is 9.97 Å². The number of para-hydroxylation sites is 1. The van der Waals surface area contributed by atoms with Crippen molar-refractivity contribution in [2.75, 3.05) is 31.4 Å². The number of nitrogens with zero attached hydrogens (tertiary/aromatic N) is 3. The van der Waals surface area contributed by atoms with E-state index in [2.05, 4.69) is 9.97 Å². The zero-order valence-corrected chi connectivity index (χ0v) is 19.0. The van der Waals surface area contributed by atoms with Gasteiger partial charge in [0.25, 0.3) is 0 Å². The first kappa shape index (κ1) is 24.4. The Morgan fingerprint density at radius 1 is 1.00 bits per heavy atom. The Bertz CT molecular complexity index is 1110. The van der Waals surface area contributed by atoms with Gasteiger partial charge in [0, 0.05) is 17.8 Å². The van der Waals surface area contributed by atoms with Gasteiger partial charge in [-0.05, 0) is 43.3 Å². The Morgan fingerprint density at radius 3 is 2.30 bits per heavy atom. The number of methoxy groups -OCH3 is 2. The van der Waals surface area contributed by atoms with Crippen molar-refractivity contribution < 1.29 is 27.4 Å². The highest BCUT2D eigenvalue weighted by molar-refractivity contribution is 7.99. The molecule has 0 unspecified atom stereocenters. The van der Waals surface area contributed by atoms with Crippen LogP contribution in [0.4, 0.5) is 18.9 Å². The molecule has 1 amide bonds. The zero-order chi connectivity index (χ0) is 24.0. The lowest BCUT2D eigenvalue weighted by Crippen LogP contribution is -2.32. The third kappa shape index (κ3) is 5.95. The molecule has 0 bridgehead atoms. The molecule has 6 nitrogen and oxygen atoms in total. The number of halogens is 3. The van der Waals surface area contributed by atoms with E-state index in [0.29, 0.717) is 29.3 Å². The van der Waals surface area contributed by atoms with Gasteiger partial charge in [0.15, 0.2) is 16.7 Å². The first-order chi connectivity index (χ1) is 15.8. The van der Waals surface area contributed by atoms with Crippen LogP contribution >= 0.6 is 11.8 Å². The third-order valence-electron chi connectivity index (χ3n) is 4.69. The van der Waals surface area contributed by atoms with Gasteiger partial charge in [0.2, 0.25) is 5.91 Å². The lowest BCUT2D eigenvalue weighted by Gasteiger charge is -2.20. The highest BCUT2D eigenvalue weighted by Gasteiger charge is 2.34. The van der Waals surface area contributed by atoms with Gasteiger partial charge in [-0.1, -0.05) is 30.0 Å². The van der Waals surface area contributed by atoms with E-state index in [-0.39, 0.29) is 22.5 Å². The quantitative estimate of drug-likeness (QED) is 0.323. The molecular formula is C23H22F3N3O3S. The summed E-state index contributed by atoms with van der Waals surface area (Å²) in [4.78, 5) is 22.2. The second-order valence-electron chi connectivity index (χ2n) is 6.75. The molecule has 2 aromatic carbocycles. The molecular weight excluding hydrogens is 455 g/mol.